The van der Waals surface area contributed by atoms with E-state index < -0.39 is 18.1 Å². The van der Waals surface area contributed by atoms with Crippen LogP contribution in [-0.4, -0.2) is 18.9 Å². The molecule has 0 aliphatic heterocycles. The topological polar surface area (TPSA) is 59.3 Å². The number of benzene rings is 1. The monoisotopic (exact) mass is 351 g/mol. The molecule has 0 amide bonds. The van der Waals surface area contributed by atoms with Gasteiger partial charge in [0.05, 0.1) is 18.2 Å². The van der Waals surface area contributed by atoms with Crippen LogP contribution in [0.3, 0.4) is 0 Å². The zero-order valence-corrected chi connectivity index (χ0v) is 11.8. The lowest BCUT2D eigenvalue weighted by Gasteiger charge is -2.14. The van der Waals surface area contributed by atoms with Crippen molar-refractivity contribution in [1.29, 1.82) is 5.26 Å². The fraction of sp³-hybridized carbons (Fsp3) is 0.333. The minimum absolute atomic E-state index is 0.00788. The number of carbonyl (C=O) groups excluding carboxylic acids is 1. The number of hydrogen-bond acceptors (Lipinski definition) is 4. The average molecular weight is 352 g/mol. The molecule has 4 nitrogen and oxygen atoms in total. The lowest BCUT2D eigenvalue weighted by atomic mass is 10.0. The average Bonchev–Trinajstić information content (AvgIpc) is 2.36. The Kier molecular flexibility index (Phi) is 5.39. The summed E-state index contributed by atoms with van der Waals surface area (Å²) >= 11 is 3.09. The SMILES string of the molecule is CCOC(=O)c1cc(CBr)c(C#N)cc1OC(F)(F)F. The molecule has 1 aromatic carbocycles. The molecule has 0 bridgehead atoms. The standard InChI is InChI=1S/C12H9BrF3NO3/c1-2-19-11(18)9-3-7(5-13)8(6-17)4-10(9)20-12(14,15)16/h3-4H,2,5H2,1H3. The molecule has 0 N–H and O–H groups in total. The van der Waals surface area contributed by atoms with Crippen LogP contribution >= 0.6 is 15.9 Å². The van der Waals surface area contributed by atoms with Gasteiger partial charge < -0.3 is 9.47 Å². The van der Waals surface area contributed by atoms with Crippen molar-refractivity contribution >= 4 is 21.9 Å². The summed E-state index contributed by atoms with van der Waals surface area (Å²) in [5.74, 6) is -1.70. The fourth-order valence-corrected chi connectivity index (χ4v) is 1.88. The van der Waals surface area contributed by atoms with E-state index in [1.54, 1.807) is 6.07 Å². The van der Waals surface area contributed by atoms with E-state index >= 15 is 0 Å². The zero-order chi connectivity index (χ0) is 15.3. The van der Waals surface area contributed by atoms with Gasteiger partial charge in [0, 0.05) is 5.33 Å². The molecule has 0 radical (unpaired) electrons. The van der Waals surface area contributed by atoms with Crippen LogP contribution in [0.2, 0.25) is 0 Å². The van der Waals surface area contributed by atoms with Gasteiger partial charge in [-0.25, -0.2) is 4.79 Å². The fourth-order valence-electron chi connectivity index (χ4n) is 1.42. The molecule has 0 aliphatic rings. The molecular formula is C12H9BrF3NO3. The van der Waals surface area contributed by atoms with Crippen LogP contribution < -0.4 is 4.74 Å². The minimum Gasteiger partial charge on any atom is -0.462 e. The van der Waals surface area contributed by atoms with Crippen molar-refractivity contribution in [1.82, 2.24) is 0 Å². The Balaban J connectivity index is 3.37. The van der Waals surface area contributed by atoms with E-state index in [0.717, 1.165) is 12.1 Å². The molecule has 0 fully saturated rings. The molecule has 0 aliphatic carbocycles. The van der Waals surface area contributed by atoms with E-state index in [0.29, 0.717) is 5.56 Å². The first kappa shape index (κ1) is 16.3. The number of alkyl halides is 4. The summed E-state index contributed by atoms with van der Waals surface area (Å²) in [5.41, 5.74) is -0.0307. The van der Waals surface area contributed by atoms with Crippen molar-refractivity contribution < 1.29 is 27.4 Å². The van der Waals surface area contributed by atoms with Gasteiger partial charge in [0.25, 0.3) is 0 Å². The molecule has 0 aromatic heterocycles. The number of esters is 1. The maximum atomic E-state index is 12.3. The van der Waals surface area contributed by atoms with Crippen LogP contribution in [0.25, 0.3) is 0 Å². The molecule has 0 saturated heterocycles. The van der Waals surface area contributed by atoms with E-state index in [4.69, 9.17) is 5.26 Å². The molecule has 0 saturated carbocycles. The first-order valence-electron chi connectivity index (χ1n) is 5.38. The van der Waals surface area contributed by atoms with Crippen LogP contribution in [0.1, 0.15) is 28.4 Å². The lowest BCUT2D eigenvalue weighted by molar-refractivity contribution is -0.274. The summed E-state index contributed by atoms with van der Waals surface area (Å²) in [4.78, 5) is 11.7. The first-order chi connectivity index (χ1) is 9.32. The van der Waals surface area contributed by atoms with Gasteiger partial charge in [0.1, 0.15) is 11.3 Å². The van der Waals surface area contributed by atoms with Crippen molar-refractivity contribution in [3.8, 4) is 11.8 Å². The van der Waals surface area contributed by atoms with Gasteiger partial charge in [-0.1, -0.05) is 15.9 Å². The van der Waals surface area contributed by atoms with Crippen LogP contribution in [0.4, 0.5) is 13.2 Å². The maximum Gasteiger partial charge on any atom is 0.573 e. The molecule has 0 atom stereocenters. The van der Waals surface area contributed by atoms with Gasteiger partial charge in [-0.05, 0) is 24.6 Å². The molecule has 8 heteroatoms. The summed E-state index contributed by atoms with van der Waals surface area (Å²) in [7, 11) is 0. The Hall–Kier alpha value is -1.75. The highest BCUT2D eigenvalue weighted by atomic mass is 79.9. The van der Waals surface area contributed by atoms with E-state index in [1.165, 1.54) is 6.92 Å². The molecule has 0 spiro atoms. The Bertz CT molecular complexity index is 552. The Labute approximate surface area is 121 Å². The van der Waals surface area contributed by atoms with Gasteiger partial charge >= 0.3 is 12.3 Å². The largest absolute Gasteiger partial charge is 0.573 e. The van der Waals surface area contributed by atoms with Crippen molar-refractivity contribution in [3.05, 3.63) is 28.8 Å². The van der Waals surface area contributed by atoms with Crippen LogP contribution in [0.5, 0.6) is 5.75 Å². The predicted molar refractivity (Wildman–Crippen MR) is 66.4 cm³/mol. The molecule has 108 valence electrons. The van der Waals surface area contributed by atoms with E-state index in [-0.39, 0.29) is 23.1 Å². The van der Waals surface area contributed by atoms with Crippen molar-refractivity contribution in [2.45, 2.75) is 18.6 Å². The minimum atomic E-state index is -4.97. The third-order valence-electron chi connectivity index (χ3n) is 2.19. The molecule has 1 rings (SSSR count). The highest BCUT2D eigenvalue weighted by Crippen LogP contribution is 2.30. The van der Waals surface area contributed by atoms with Crippen LogP contribution in [0, 0.1) is 11.3 Å². The zero-order valence-electron chi connectivity index (χ0n) is 10.3. The summed E-state index contributed by atoms with van der Waals surface area (Å²) < 4.78 is 45.4. The highest BCUT2D eigenvalue weighted by molar-refractivity contribution is 9.08. The Morgan fingerprint density at radius 1 is 1.45 bits per heavy atom. The molecule has 1 aromatic rings. The number of nitriles is 1. The van der Waals surface area contributed by atoms with Gasteiger partial charge in [0.2, 0.25) is 0 Å². The normalized spacial score (nSPS) is 10.8. The Morgan fingerprint density at radius 3 is 2.55 bits per heavy atom. The number of ether oxygens (including phenoxy) is 2. The smallest absolute Gasteiger partial charge is 0.462 e. The van der Waals surface area contributed by atoms with Crippen LogP contribution in [0.15, 0.2) is 12.1 Å². The summed E-state index contributed by atoms with van der Waals surface area (Å²) in [6.07, 6.45) is -4.97. The number of nitrogens with zero attached hydrogens (tertiary/aromatic N) is 1. The van der Waals surface area contributed by atoms with E-state index in [1.807, 2.05) is 0 Å². The second kappa shape index (κ2) is 6.61. The van der Waals surface area contributed by atoms with E-state index in [2.05, 4.69) is 25.4 Å². The van der Waals surface area contributed by atoms with Crippen molar-refractivity contribution in [3.63, 3.8) is 0 Å². The Morgan fingerprint density at radius 2 is 2.10 bits per heavy atom. The summed E-state index contributed by atoms with van der Waals surface area (Å²) in [5, 5.41) is 9.08. The van der Waals surface area contributed by atoms with Crippen molar-refractivity contribution in [2.24, 2.45) is 0 Å². The lowest BCUT2D eigenvalue weighted by Crippen LogP contribution is -2.20. The van der Waals surface area contributed by atoms with Gasteiger partial charge in [-0.15, -0.1) is 13.2 Å². The second-order valence-corrected chi connectivity index (χ2v) is 4.08. The third-order valence-corrected chi connectivity index (χ3v) is 2.79. The van der Waals surface area contributed by atoms with Crippen molar-refractivity contribution in [2.75, 3.05) is 6.61 Å². The summed E-state index contributed by atoms with van der Waals surface area (Å²) in [6.45, 7) is 1.53. The quantitative estimate of drug-likeness (QED) is 0.615. The number of halogens is 4. The van der Waals surface area contributed by atoms with Gasteiger partial charge in [0.15, 0.2) is 0 Å². The number of carbonyl (C=O) groups is 1. The molecular weight excluding hydrogens is 343 g/mol. The summed E-state index contributed by atoms with van der Waals surface area (Å²) in [6, 6.07) is 3.76. The van der Waals surface area contributed by atoms with Crippen LogP contribution in [-0.2, 0) is 10.1 Å². The molecule has 0 heterocycles. The number of hydrogen-bond donors (Lipinski definition) is 0. The number of rotatable bonds is 4. The first-order valence-corrected chi connectivity index (χ1v) is 6.50. The third kappa shape index (κ3) is 4.13. The maximum absolute atomic E-state index is 12.3. The second-order valence-electron chi connectivity index (χ2n) is 3.52. The van der Waals surface area contributed by atoms with Gasteiger partial charge in [-0.3, -0.25) is 0 Å². The molecule has 20 heavy (non-hydrogen) atoms. The van der Waals surface area contributed by atoms with Gasteiger partial charge in [-0.2, -0.15) is 5.26 Å². The molecule has 0 unspecified atom stereocenters. The highest BCUT2D eigenvalue weighted by Gasteiger charge is 2.33. The predicted octanol–water partition coefficient (Wildman–Crippen LogP) is 3.53. The van der Waals surface area contributed by atoms with E-state index in [9.17, 15) is 18.0 Å².